The number of pyridine rings is 1. The highest BCUT2D eigenvalue weighted by molar-refractivity contribution is 6.33. The molecule has 130 valence electrons. The Bertz CT molecular complexity index is 867. The van der Waals surface area contributed by atoms with E-state index in [9.17, 15) is 13.2 Å². The van der Waals surface area contributed by atoms with Crippen molar-refractivity contribution in [2.75, 3.05) is 5.32 Å². The van der Waals surface area contributed by atoms with Gasteiger partial charge in [0.2, 0.25) is 5.82 Å². The Morgan fingerprint density at radius 1 is 1.20 bits per heavy atom. The largest absolute Gasteiger partial charge is 0.471 e. The number of anilines is 1. The van der Waals surface area contributed by atoms with Gasteiger partial charge in [-0.3, -0.25) is 0 Å². The number of alkyl halides is 3. The fourth-order valence-electron chi connectivity index (χ4n) is 2.15. The maximum atomic E-state index is 12.5. The molecule has 0 amide bonds. The smallest absolute Gasteiger partial charge is 0.362 e. The molecule has 0 bridgehead atoms. The highest BCUT2D eigenvalue weighted by atomic mass is 35.5. The lowest BCUT2D eigenvalue weighted by atomic mass is 10.1. The second-order valence-corrected chi connectivity index (χ2v) is 5.66. The molecule has 5 nitrogen and oxygen atoms in total. The molecule has 0 saturated heterocycles. The van der Waals surface area contributed by atoms with Crippen molar-refractivity contribution in [3.8, 4) is 11.4 Å². The Labute approximate surface area is 145 Å². The van der Waals surface area contributed by atoms with E-state index in [1.165, 1.54) is 12.3 Å². The van der Waals surface area contributed by atoms with Gasteiger partial charge >= 0.3 is 12.1 Å². The van der Waals surface area contributed by atoms with Crippen LogP contribution in [0.5, 0.6) is 0 Å². The summed E-state index contributed by atoms with van der Waals surface area (Å²) in [5.74, 6) is -1.25. The molecule has 0 aliphatic rings. The minimum absolute atomic E-state index is 0.0564. The monoisotopic (exact) mass is 368 g/mol. The van der Waals surface area contributed by atoms with Crippen LogP contribution in [0.1, 0.15) is 24.4 Å². The lowest BCUT2D eigenvalue weighted by molar-refractivity contribution is -0.159. The van der Waals surface area contributed by atoms with Crippen LogP contribution in [0.3, 0.4) is 0 Å². The van der Waals surface area contributed by atoms with Crippen LogP contribution in [0.4, 0.5) is 19.0 Å². The summed E-state index contributed by atoms with van der Waals surface area (Å²) in [5.41, 5.74) is 1.26. The molecule has 0 fully saturated rings. The number of nitrogens with one attached hydrogen (secondary N) is 1. The maximum Gasteiger partial charge on any atom is 0.471 e. The first-order valence-electron chi connectivity index (χ1n) is 7.23. The molecule has 0 aliphatic heterocycles. The van der Waals surface area contributed by atoms with Crippen LogP contribution in [0, 0.1) is 0 Å². The molecular formula is C16H12ClF3N4O. The number of halogens is 4. The molecule has 3 aromatic rings. The second kappa shape index (κ2) is 6.72. The zero-order valence-corrected chi connectivity index (χ0v) is 13.6. The van der Waals surface area contributed by atoms with E-state index >= 15 is 0 Å². The Kier molecular flexibility index (Phi) is 4.63. The third kappa shape index (κ3) is 3.90. The first-order chi connectivity index (χ1) is 11.8. The fraction of sp³-hybridized carbons (Fsp3) is 0.188. The molecule has 1 aromatic carbocycles. The minimum atomic E-state index is -4.70. The standard InChI is InChI=1S/C16H12ClF3N4O/c1-9(10-5-3-2-4-6-10)22-14-12(17)7-11(8-21-14)13-23-15(25-24-13)16(18,19)20/h2-9H,1H3,(H,21,22). The SMILES string of the molecule is CC(Nc1ncc(-c2noc(C(F)(F)F)n2)cc1Cl)c1ccccc1. The van der Waals surface area contributed by atoms with E-state index in [0.717, 1.165) is 5.56 Å². The molecule has 25 heavy (non-hydrogen) atoms. The van der Waals surface area contributed by atoms with Gasteiger partial charge in [-0.05, 0) is 18.6 Å². The van der Waals surface area contributed by atoms with E-state index in [1.807, 2.05) is 37.3 Å². The predicted octanol–water partition coefficient (Wildman–Crippen LogP) is 4.98. The van der Waals surface area contributed by atoms with Crippen LogP contribution in [-0.2, 0) is 6.18 Å². The van der Waals surface area contributed by atoms with Gasteiger partial charge in [0.25, 0.3) is 0 Å². The van der Waals surface area contributed by atoms with Gasteiger partial charge in [-0.15, -0.1) is 0 Å². The summed E-state index contributed by atoms with van der Waals surface area (Å²) in [6, 6.07) is 11.0. The summed E-state index contributed by atoms with van der Waals surface area (Å²) in [4.78, 5) is 7.45. The van der Waals surface area contributed by atoms with Crippen molar-refractivity contribution in [3.63, 3.8) is 0 Å². The van der Waals surface area contributed by atoms with Gasteiger partial charge in [0.05, 0.1) is 5.02 Å². The van der Waals surface area contributed by atoms with Crippen LogP contribution >= 0.6 is 11.6 Å². The van der Waals surface area contributed by atoms with E-state index in [1.54, 1.807) is 0 Å². The molecule has 1 unspecified atom stereocenters. The zero-order valence-electron chi connectivity index (χ0n) is 12.9. The molecule has 2 heterocycles. The molecule has 1 atom stereocenters. The van der Waals surface area contributed by atoms with Gasteiger partial charge < -0.3 is 9.84 Å². The highest BCUT2D eigenvalue weighted by Crippen LogP contribution is 2.31. The molecule has 0 radical (unpaired) electrons. The number of hydrogen-bond donors (Lipinski definition) is 1. The van der Waals surface area contributed by atoms with Crippen molar-refractivity contribution in [3.05, 3.63) is 59.1 Å². The first-order valence-corrected chi connectivity index (χ1v) is 7.60. The Balaban J connectivity index is 1.80. The van der Waals surface area contributed by atoms with E-state index in [0.29, 0.717) is 5.82 Å². The number of hydrogen-bond acceptors (Lipinski definition) is 5. The molecule has 9 heteroatoms. The number of benzene rings is 1. The summed E-state index contributed by atoms with van der Waals surface area (Å²) >= 11 is 6.17. The van der Waals surface area contributed by atoms with E-state index in [2.05, 4.69) is 25.0 Å². The topological polar surface area (TPSA) is 63.8 Å². The molecule has 2 aromatic heterocycles. The molecule has 3 rings (SSSR count). The van der Waals surface area contributed by atoms with Crippen LogP contribution in [-0.4, -0.2) is 15.1 Å². The first kappa shape index (κ1) is 17.2. The summed E-state index contributed by atoms with van der Waals surface area (Å²) in [6.07, 6.45) is -3.37. The van der Waals surface area contributed by atoms with E-state index in [4.69, 9.17) is 11.6 Å². The average molecular weight is 369 g/mol. The van der Waals surface area contributed by atoms with Crippen molar-refractivity contribution < 1.29 is 17.7 Å². The van der Waals surface area contributed by atoms with Crippen molar-refractivity contribution in [1.29, 1.82) is 0 Å². The van der Waals surface area contributed by atoms with E-state index < -0.39 is 12.1 Å². The number of rotatable bonds is 4. The summed E-state index contributed by atoms with van der Waals surface area (Å²) in [5, 5.41) is 6.69. The lowest BCUT2D eigenvalue weighted by Crippen LogP contribution is -2.08. The zero-order chi connectivity index (χ0) is 18.0. The summed E-state index contributed by atoms with van der Waals surface area (Å²) in [6.45, 7) is 1.94. The van der Waals surface area contributed by atoms with Crippen LogP contribution in [0.25, 0.3) is 11.4 Å². The van der Waals surface area contributed by atoms with Crippen molar-refractivity contribution >= 4 is 17.4 Å². The Hall–Kier alpha value is -2.61. The normalized spacial score (nSPS) is 12.8. The van der Waals surface area contributed by atoms with Gasteiger partial charge in [-0.2, -0.15) is 18.2 Å². The van der Waals surface area contributed by atoms with Crippen molar-refractivity contribution in [2.45, 2.75) is 19.1 Å². The van der Waals surface area contributed by atoms with Crippen LogP contribution in [0.15, 0.2) is 47.1 Å². The fourth-order valence-corrected chi connectivity index (χ4v) is 2.37. The summed E-state index contributed by atoms with van der Waals surface area (Å²) in [7, 11) is 0. The van der Waals surface area contributed by atoms with Crippen LogP contribution in [0.2, 0.25) is 5.02 Å². The summed E-state index contributed by atoms with van der Waals surface area (Å²) < 4.78 is 41.8. The second-order valence-electron chi connectivity index (χ2n) is 5.25. The maximum absolute atomic E-state index is 12.5. The van der Waals surface area contributed by atoms with Gasteiger partial charge in [0.1, 0.15) is 5.82 Å². The highest BCUT2D eigenvalue weighted by Gasteiger charge is 2.38. The minimum Gasteiger partial charge on any atom is -0.362 e. The van der Waals surface area contributed by atoms with Gasteiger partial charge in [-0.1, -0.05) is 47.1 Å². The molecule has 0 aliphatic carbocycles. The van der Waals surface area contributed by atoms with Crippen molar-refractivity contribution in [1.82, 2.24) is 15.1 Å². The van der Waals surface area contributed by atoms with Crippen LogP contribution < -0.4 is 5.32 Å². The van der Waals surface area contributed by atoms with Gasteiger partial charge in [0.15, 0.2) is 0 Å². The van der Waals surface area contributed by atoms with Gasteiger partial charge in [0, 0.05) is 17.8 Å². The average Bonchev–Trinajstić information content (AvgIpc) is 3.08. The number of nitrogens with zero attached hydrogens (tertiary/aromatic N) is 3. The van der Waals surface area contributed by atoms with Crippen molar-refractivity contribution in [2.24, 2.45) is 0 Å². The quantitative estimate of drug-likeness (QED) is 0.703. The molecule has 1 N–H and O–H groups in total. The molecule has 0 saturated carbocycles. The predicted molar refractivity (Wildman–Crippen MR) is 86.0 cm³/mol. The third-order valence-electron chi connectivity index (χ3n) is 3.42. The third-order valence-corrected chi connectivity index (χ3v) is 3.71. The van der Waals surface area contributed by atoms with Gasteiger partial charge in [-0.25, -0.2) is 4.98 Å². The van der Waals surface area contributed by atoms with E-state index in [-0.39, 0.29) is 22.5 Å². The molecular weight excluding hydrogens is 357 g/mol. The molecule has 0 spiro atoms. The lowest BCUT2D eigenvalue weighted by Gasteiger charge is -2.16. The Morgan fingerprint density at radius 3 is 2.52 bits per heavy atom. The number of aromatic nitrogens is 3. The Morgan fingerprint density at radius 2 is 1.92 bits per heavy atom.